The van der Waals surface area contributed by atoms with Crippen LogP contribution in [0, 0.1) is 12.3 Å². The van der Waals surface area contributed by atoms with Crippen LogP contribution in [0.5, 0.6) is 0 Å². The van der Waals surface area contributed by atoms with Gasteiger partial charge in [-0.25, -0.2) is 0 Å². The Labute approximate surface area is 80.0 Å². The van der Waals surface area contributed by atoms with Crippen molar-refractivity contribution in [1.29, 1.82) is 0 Å². The molecular weight excluding hydrogens is 164 g/mol. The van der Waals surface area contributed by atoms with E-state index in [0.717, 1.165) is 32.4 Å². The molecular formula is C10H18N2O. The molecule has 0 bridgehead atoms. The van der Waals surface area contributed by atoms with E-state index >= 15 is 0 Å². The van der Waals surface area contributed by atoms with Crippen molar-refractivity contribution >= 4 is 0 Å². The first-order valence-corrected chi connectivity index (χ1v) is 4.87. The van der Waals surface area contributed by atoms with Crippen LogP contribution >= 0.6 is 0 Å². The van der Waals surface area contributed by atoms with Crippen LogP contribution in [0.2, 0.25) is 0 Å². The lowest BCUT2D eigenvalue weighted by Crippen LogP contribution is -2.45. The fraction of sp³-hybridized carbons (Fsp3) is 0.800. The topological polar surface area (TPSA) is 47.3 Å². The Bertz CT molecular complexity index is 170. The standard InChI is InChI=1S/C10H18N2O/c1-2-3-6-12-9(8-11)10-5-4-7-13-10/h1,9-10,12H,3-8,11H2. The fourth-order valence-corrected chi connectivity index (χ4v) is 1.62. The van der Waals surface area contributed by atoms with Gasteiger partial charge in [-0.2, -0.15) is 0 Å². The molecule has 1 saturated heterocycles. The Hall–Kier alpha value is -0.560. The number of nitrogens with one attached hydrogen (secondary N) is 1. The van der Waals surface area contributed by atoms with E-state index in [0.29, 0.717) is 12.6 Å². The Morgan fingerprint density at radius 2 is 2.54 bits per heavy atom. The van der Waals surface area contributed by atoms with Crippen LogP contribution in [-0.2, 0) is 4.74 Å². The molecule has 13 heavy (non-hydrogen) atoms. The number of terminal acetylenes is 1. The molecule has 0 aromatic rings. The Morgan fingerprint density at radius 1 is 1.69 bits per heavy atom. The van der Waals surface area contributed by atoms with Crippen LogP contribution in [0.15, 0.2) is 0 Å². The average molecular weight is 182 g/mol. The van der Waals surface area contributed by atoms with Crippen LogP contribution in [0.4, 0.5) is 0 Å². The normalized spacial score (nSPS) is 24.2. The molecule has 1 rings (SSSR count). The Morgan fingerprint density at radius 3 is 3.08 bits per heavy atom. The molecule has 1 fully saturated rings. The average Bonchev–Trinajstić information content (AvgIpc) is 2.65. The molecule has 0 spiro atoms. The van der Waals surface area contributed by atoms with Crippen molar-refractivity contribution in [2.24, 2.45) is 5.73 Å². The van der Waals surface area contributed by atoms with E-state index in [9.17, 15) is 0 Å². The van der Waals surface area contributed by atoms with E-state index in [1.807, 2.05) is 0 Å². The summed E-state index contributed by atoms with van der Waals surface area (Å²) in [7, 11) is 0. The number of hydrogen-bond acceptors (Lipinski definition) is 3. The zero-order chi connectivity index (χ0) is 9.52. The van der Waals surface area contributed by atoms with Crippen molar-refractivity contribution in [3.05, 3.63) is 0 Å². The minimum absolute atomic E-state index is 0.274. The van der Waals surface area contributed by atoms with Gasteiger partial charge in [-0.05, 0) is 12.8 Å². The Kier molecular flexibility index (Phi) is 4.84. The molecule has 0 aromatic carbocycles. The van der Waals surface area contributed by atoms with Gasteiger partial charge in [0.15, 0.2) is 0 Å². The molecule has 74 valence electrons. The first-order valence-electron chi connectivity index (χ1n) is 4.87. The highest BCUT2D eigenvalue weighted by Crippen LogP contribution is 2.14. The van der Waals surface area contributed by atoms with E-state index in [1.165, 1.54) is 0 Å². The van der Waals surface area contributed by atoms with Crippen molar-refractivity contribution in [2.45, 2.75) is 31.4 Å². The third kappa shape index (κ3) is 3.35. The lowest BCUT2D eigenvalue weighted by molar-refractivity contribution is 0.0811. The van der Waals surface area contributed by atoms with Crippen LogP contribution < -0.4 is 11.1 Å². The highest BCUT2D eigenvalue weighted by atomic mass is 16.5. The monoisotopic (exact) mass is 182 g/mol. The Balaban J connectivity index is 2.21. The van der Waals surface area contributed by atoms with Gasteiger partial charge in [-0.3, -0.25) is 0 Å². The molecule has 2 atom stereocenters. The van der Waals surface area contributed by atoms with Gasteiger partial charge in [0.25, 0.3) is 0 Å². The lowest BCUT2D eigenvalue weighted by atomic mass is 10.1. The highest BCUT2D eigenvalue weighted by molar-refractivity contribution is 4.87. The van der Waals surface area contributed by atoms with Crippen LogP contribution in [0.25, 0.3) is 0 Å². The zero-order valence-corrected chi connectivity index (χ0v) is 7.96. The minimum atomic E-state index is 0.274. The smallest absolute Gasteiger partial charge is 0.0741 e. The maximum Gasteiger partial charge on any atom is 0.0741 e. The number of hydrogen-bond donors (Lipinski definition) is 2. The number of nitrogens with two attached hydrogens (primary N) is 1. The van der Waals surface area contributed by atoms with E-state index in [-0.39, 0.29) is 6.04 Å². The van der Waals surface area contributed by atoms with E-state index in [2.05, 4.69) is 11.2 Å². The molecule has 3 N–H and O–H groups in total. The maximum absolute atomic E-state index is 5.64. The molecule has 0 saturated carbocycles. The first-order chi connectivity index (χ1) is 6.38. The number of rotatable bonds is 5. The molecule has 3 nitrogen and oxygen atoms in total. The van der Waals surface area contributed by atoms with Crippen LogP contribution in [0.1, 0.15) is 19.3 Å². The molecule has 0 amide bonds. The van der Waals surface area contributed by atoms with Gasteiger partial charge in [-0.15, -0.1) is 12.3 Å². The summed E-state index contributed by atoms with van der Waals surface area (Å²) in [6.45, 7) is 2.32. The molecule has 3 heteroatoms. The predicted octanol–water partition coefficient (Wildman–Crippen LogP) is 0.106. The van der Waals surface area contributed by atoms with Crippen molar-refractivity contribution in [3.8, 4) is 12.3 Å². The van der Waals surface area contributed by atoms with Gasteiger partial charge in [0.1, 0.15) is 0 Å². The van der Waals surface area contributed by atoms with Crippen molar-refractivity contribution < 1.29 is 4.74 Å². The van der Waals surface area contributed by atoms with Gasteiger partial charge in [0, 0.05) is 32.2 Å². The third-order valence-electron chi connectivity index (χ3n) is 2.34. The number of ether oxygens (including phenoxy) is 1. The fourth-order valence-electron chi connectivity index (χ4n) is 1.62. The van der Waals surface area contributed by atoms with E-state index < -0.39 is 0 Å². The third-order valence-corrected chi connectivity index (χ3v) is 2.34. The summed E-state index contributed by atoms with van der Waals surface area (Å²) >= 11 is 0. The van der Waals surface area contributed by atoms with Gasteiger partial charge in [0.05, 0.1) is 6.10 Å². The van der Waals surface area contributed by atoms with Crippen LogP contribution in [-0.4, -0.2) is 31.8 Å². The van der Waals surface area contributed by atoms with Crippen molar-refractivity contribution in [3.63, 3.8) is 0 Å². The quantitative estimate of drug-likeness (QED) is 0.468. The zero-order valence-electron chi connectivity index (χ0n) is 7.96. The second-order valence-corrected chi connectivity index (χ2v) is 3.30. The molecule has 2 unspecified atom stereocenters. The van der Waals surface area contributed by atoms with E-state index in [4.69, 9.17) is 16.9 Å². The van der Waals surface area contributed by atoms with Gasteiger partial charge >= 0.3 is 0 Å². The SMILES string of the molecule is C#CCCNC(CN)C1CCCO1. The molecule has 1 aliphatic heterocycles. The summed E-state index contributed by atoms with van der Waals surface area (Å²) in [6.07, 6.45) is 8.47. The summed E-state index contributed by atoms with van der Waals surface area (Å²) in [4.78, 5) is 0. The van der Waals surface area contributed by atoms with Crippen LogP contribution in [0.3, 0.4) is 0 Å². The second kappa shape index (κ2) is 5.98. The minimum Gasteiger partial charge on any atom is -0.377 e. The van der Waals surface area contributed by atoms with Crippen molar-refractivity contribution in [1.82, 2.24) is 5.32 Å². The summed E-state index contributed by atoms with van der Waals surface area (Å²) in [5, 5.41) is 3.32. The molecule has 1 aliphatic rings. The van der Waals surface area contributed by atoms with Gasteiger partial charge < -0.3 is 15.8 Å². The van der Waals surface area contributed by atoms with Gasteiger partial charge in [-0.1, -0.05) is 0 Å². The summed E-state index contributed by atoms with van der Waals surface area (Å²) in [5.74, 6) is 2.59. The van der Waals surface area contributed by atoms with E-state index in [1.54, 1.807) is 0 Å². The molecule has 0 aliphatic carbocycles. The summed E-state index contributed by atoms with van der Waals surface area (Å²) < 4.78 is 5.54. The molecule has 0 aromatic heterocycles. The maximum atomic E-state index is 5.64. The largest absolute Gasteiger partial charge is 0.377 e. The van der Waals surface area contributed by atoms with Gasteiger partial charge in [0.2, 0.25) is 0 Å². The molecule has 0 radical (unpaired) electrons. The second-order valence-electron chi connectivity index (χ2n) is 3.30. The predicted molar refractivity (Wildman–Crippen MR) is 53.3 cm³/mol. The highest BCUT2D eigenvalue weighted by Gasteiger charge is 2.23. The summed E-state index contributed by atoms with van der Waals surface area (Å²) in [6, 6.07) is 0.274. The lowest BCUT2D eigenvalue weighted by Gasteiger charge is -2.22. The molecule has 1 heterocycles. The van der Waals surface area contributed by atoms with Crippen molar-refractivity contribution in [2.75, 3.05) is 19.7 Å². The first kappa shape index (κ1) is 10.5. The summed E-state index contributed by atoms with van der Waals surface area (Å²) in [5.41, 5.74) is 5.64.